The number of rotatable bonds is 17. The summed E-state index contributed by atoms with van der Waals surface area (Å²) in [7, 11) is 7.13. The van der Waals surface area contributed by atoms with E-state index in [1.54, 1.807) is 96.7 Å². The summed E-state index contributed by atoms with van der Waals surface area (Å²) in [5.41, 5.74) is 25.7. The maximum atomic E-state index is 14.2. The largest absolute Gasteiger partial charge is 0.493 e. The summed E-state index contributed by atoms with van der Waals surface area (Å²) in [6, 6.07) is 58.5. The molecular weight excluding hydrogens is 1830 g/mol. The summed E-state index contributed by atoms with van der Waals surface area (Å²) < 4.78 is 96.9. The average Bonchev–Trinajstić information content (AvgIpc) is 1.16. The normalized spacial score (nSPS) is 14.6. The van der Waals surface area contributed by atoms with Crippen LogP contribution in [0.15, 0.2) is 213 Å². The molecule has 0 aliphatic carbocycles. The van der Waals surface area contributed by atoms with Crippen molar-refractivity contribution in [3.63, 3.8) is 0 Å². The minimum Gasteiger partial charge on any atom is -0.493 e. The Kier molecular flexibility index (Phi) is 33.1. The number of alkyl halides is 4. The number of fused-ring (bicyclic) bond motifs is 7. The van der Waals surface area contributed by atoms with Crippen molar-refractivity contribution in [2.24, 2.45) is 21.1 Å². The Bertz CT molecular complexity index is 6810. The second-order valence-electron chi connectivity index (χ2n) is 37.5. The highest BCUT2D eigenvalue weighted by molar-refractivity contribution is 5.84. The van der Waals surface area contributed by atoms with Gasteiger partial charge in [-0.25, -0.2) is 17.6 Å². The first kappa shape index (κ1) is 102. The number of methoxy groups -OCH3 is 1. The molecule has 20 rings (SSSR count). The molecule has 7 aliphatic rings. The number of carbonyl (C=O) groups excluding carboxylic acids is 5. The molecule has 0 N–H and O–H groups in total. The molecule has 0 spiro atoms. The van der Waals surface area contributed by atoms with Gasteiger partial charge in [0.25, 0.3) is 12.9 Å². The lowest BCUT2D eigenvalue weighted by Crippen LogP contribution is -2.31. The van der Waals surface area contributed by atoms with E-state index in [-0.39, 0.29) is 40.7 Å². The molecule has 0 saturated carbocycles. The van der Waals surface area contributed by atoms with Gasteiger partial charge in [0.1, 0.15) is 56.0 Å². The summed E-state index contributed by atoms with van der Waals surface area (Å²) >= 11 is 0. The van der Waals surface area contributed by atoms with Crippen molar-refractivity contribution in [2.45, 2.75) is 172 Å². The minimum atomic E-state index is -2.65. The average molecular weight is 1960 g/mol. The first-order valence-electron chi connectivity index (χ1n) is 50.1. The lowest BCUT2D eigenvalue weighted by molar-refractivity contribution is -0.132. The zero-order chi connectivity index (χ0) is 102. The van der Waals surface area contributed by atoms with Gasteiger partial charge in [-0.05, 0) is 220 Å². The van der Waals surface area contributed by atoms with Crippen LogP contribution in [0.3, 0.4) is 0 Å². The SMILES string of the molecule is CCC(=O)N1CCOc2c(cc(-c3ccccc3C)cc2C(C)C)C1.CCC(=O)N1CCOc2c(cc(-c3ccccc3C)cc2OC)C1.CCC(=O)N1CCOc2ccc(-c3cccc(-c4cnn(C)c4)c3C(F)F)cc2C1.CCC(=O)N1CCOc2ccc(N3CCCc4cc(-c5cnn(C)c5)c(C(F)F)cc43)cc2C1.CCC(=O)N1CCOc2ccc(N3CCCc4cc(-c5cnn(C)c5)ccc43)cc2C1. The molecule has 0 unspecified atom stereocenters. The standard InChI is InChI=1S/C26H28F2N4O2.C25H28N4O2.C23H23F2N3O2.C22H27NO2.C20H23NO3/c1-3-25(33)31-9-10-34-24-7-6-20(11-18(24)16-31)32-8-4-5-17-12-21(19-14-29-30(2)15-19)22(26(27)28)13-23(17)32;1-3-25(30)28-11-12-31-24-9-7-22(14-20(24)17-28)29-10-4-5-19-13-18(6-8-23(19)29)21-15-26-27(2)16-21;1-3-21(29)28-9-10-30-20-8-7-15(11-16(20)14-28)18-5-4-6-19(22(18)23(24)25)17-12-26-27(2)13-17;1-5-21(24)23-10-11-25-22-18(14-23)12-17(13-20(22)15(2)3)19-9-7-6-8-16(19)4;1-4-19(22)21-9-10-24-20-16(13-21)11-15(12-18(20)23-3)17-8-6-5-7-14(17)2/h6-7,11-15,26H,3-5,8-10,16H2,1-2H3;6-9,13-16H,3-5,10-12,17H2,1-2H3;4-8,11-13,23H,3,9-10,14H2,1-2H3;6-9,12-13,15H,5,10-11,14H2,1-4H3;5-8,11-12H,4,9-10,13H2,1-3H3. The van der Waals surface area contributed by atoms with Crippen LogP contribution in [0.5, 0.6) is 34.5 Å². The highest BCUT2D eigenvalue weighted by atomic mass is 19.3. The molecule has 7 aliphatic heterocycles. The number of ether oxygens (including phenoxy) is 6. The molecule has 752 valence electrons. The van der Waals surface area contributed by atoms with Crippen LogP contribution in [0.4, 0.5) is 40.3 Å². The summed E-state index contributed by atoms with van der Waals surface area (Å²) in [6.07, 6.45) is 11.8. The zero-order valence-electron chi connectivity index (χ0n) is 84.6. The summed E-state index contributed by atoms with van der Waals surface area (Å²) in [6.45, 7) is 27.8. The van der Waals surface area contributed by atoms with E-state index in [1.165, 1.54) is 44.6 Å². The van der Waals surface area contributed by atoms with E-state index in [9.17, 15) is 41.5 Å². The second kappa shape index (κ2) is 46.6. The highest BCUT2D eigenvalue weighted by Crippen LogP contribution is 2.48. The van der Waals surface area contributed by atoms with E-state index >= 15 is 0 Å². The third-order valence-electron chi connectivity index (χ3n) is 27.5. The predicted octanol–water partition coefficient (Wildman–Crippen LogP) is 23.1. The molecule has 0 bridgehead atoms. The number of anilines is 4. The van der Waals surface area contributed by atoms with Crippen LogP contribution in [0.25, 0.3) is 66.8 Å². The fourth-order valence-electron chi connectivity index (χ4n) is 19.9. The maximum absolute atomic E-state index is 14.2. The van der Waals surface area contributed by atoms with Crippen molar-refractivity contribution in [2.75, 3.05) is 95.8 Å². The first-order valence-corrected chi connectivity index (χ1v) is 50.1. The Labute approximate surface area is 841 Å². The van der Waals surface area contributed by atoms with Gasteiger partial charge >= 0.3 is 0 Å². The summed E-state index contributed by atoms with van der Waals surface area (Å²) in [5.74, 6) is 5.80. The molecular formula is C116H129F4N13O11. The number of benzene rings is 10. The van der Waals surface area contributed by atoms with Crippen LogP contribution in [0.1, 0.15) is 179 Å². The molecule has 0 fully saturated rings. The quantitative estimate of drug-likeness (QED) is 0.0774. The van der Waals surface area contributed by atoms with Crippen LogP contribution < -0.4 is 38.2 Å². The molecule has 5 amide bonds. The van der Waals surface area contributed by atoms with Crippen LogP contribution in [-0.2, 0) is 90.7 Å². The van der Waals surface area contributed by atoms with Crippen molar-refractivity contribution in [1.29, 1.82) is 0 Å². The smallest absolute Gasteiger partial charge is 0.265 e. The fraction of sp³-hybridized carbons (Fsp3) is 0.362. The Morgan fingerprint density at radius 1 is 0.354 bits per heavy atom. The molecule has 24 nitrogen and oxygen atoms in total. The number of carbonyl (C=O) groups is 5. The van der Waals surface area contributed by atoms with Gasteiger partial charge in [0.05, 0.1) is 58.4 Å². The lowest BCUT2D eigenvalue weighted by Gasteiger charge is -2.33. The summed E-state index contributed by atoms with van der Waals surface area (Å²) in [4.78, 5) is 74.9. The Morgan fingerprint density at radius 2 is 0.743 bits per heavy atom. The van der Waals surface area contributed by atoms with Gasteiger partial charge in [-0.3, -0.25) is 38.0 Å². The summed E-state index contributed by atoms with van der Waals surface area (Å²) in [5, 5.41) is 12.6. The van der Waals surface area contributed by atoms with E-state index < -0.39 is 12.9 Å². The Morgan fingerprint density at radius 3 is 1.19 bits per heavy atom. The van der Waals surface area contributed by atoms with E-state index in [4.69, 9.17) is 28.4 Å². The van der Waals surface area contributed by atoms with Gasteiger partial charge in [-0.1, -0.05) is 127 Å². The number of hydrogen-bond donors (Lipinski definition) is 0. The van der Waals surface area contributed by atoms with Gasteiger partial charge < -0.3 is 62.7 Å². The monoisotopic (exact) mass is 1960 g/mol. The molecule has 10 aromatic carbocycles. The number of nitrogens with zero attached hydrogens (tertiary/aromatic N) is 13. The molecule has 10 heterocycles. The third-order valence-corrected chi connectivity index (χ3v) is 27.5. The second-order valence-corrected chi connectivity index (χ2v) is 37.5. The molecule has 144 heavy (non-hydrogen) atoms. The Balaban J connectivity index is 0.000000130. The van der Waals surface area contributed by atoms with Crippen LogP contribution in [0, 0.1) is 13.8 Å². The highest BCUT2D eigenvalue weighted by Gasteiger charge is 2.33. The van der Waals surface area contributed by atoms with Gasteiger partial charge in [-0.2, -0.15) is 15.3 Å². The Hall–Kier alpha value is -14.7. The van der Waals surface area contributed by atoms with Crippen molar-refractivity contribution in [3.05, 3.63) is 280 Å². The number of halogens is 4. The van der Waals surface area contributed by atoms with Crippen molar-refractivity contribution in [3.8, 4) is 101 Å². The van der Waals surface area contributed by atoms with E-state index in [0.29, 0.717) is 176 Å². The molecule has 0 atom stereocenters. The maximum Gasteiger partial charge on any atom is 0.265 e. The molecule has 0 radical (unpaired) electrons. The first-order chi connectivity index (χ1) is 69.7. The lowest BCUT2D eigenvalue weighted by atomic mass is 9.91. The molecule has 3 aromatic heterocycles. The van der Waals surface area contributed by atoms with Gasteiger partial charge in [0.15, 0.2) is 11.5 Å². The van der Waals surface area contributed by atoms with Gasteiger partial charge in [0.2, 0.25) is 29.5 Å². The van der Waals surface area contributed by atoms with E-state index in [0.717, 1.165) is 135 Å². The molecule has 13 aromatic rings. The third kappa shape index (κ3) is 23.4. The van der Waals surface area contributed by atoms with Gasteiger partial charge in [0, 0.05) is 196 Å². The minimum absolute atomic E-state index is 0.0106. The van der Waals surface area contributed by atoms with Crippen molar-refractivity contribution >= 4 is 52.3 Å². The van der Waals surface area contributed by atoms with Crippen molar-refractivity contribution < 1.29 is 70.0 Å². The van der Waals surface area contributed by atoms with Gasteiger partial charge in [-0.15, -0.1) is 0 Å². The number of hydrogen-bond acceptors (Lipinski definition) is 16. The zero-order valence-corrected chi connectivity index (χ0v) is 84.6. The van der Waals surface area contributed by atoms with Crippen LogP contribution >= 0.6 is 0 Å². The number of aromatic nitrogens is 6. The van der Waals surface area contributed by atoms with Crippen molar-refractivity contribution in [1.82, 2.24) is 53.8 Å². The van der Waals surface area contributed by atoms with Crippen LogP contribution in [-0.4, -0.2) is 169 Å². The van der Waals surface area contributed by atoms with E-state index in [2.05, 4.69) is 150 Å². The molecule has 28 heteroatoms. The number of amides is 5. The number of aryl methyl sites for hydroxylation is 7. The molecule has 0 saturated heterocycles. The predicted molar refractivity (Wildman–Crippen MR) is 555 cm³/mol. The van der Waals surface area contributed by atoms with Crippen LogP contribution in [0.2, 0.25) is 0 Å². The van der Waals surface area contributed by atoms with E-state index in [1.807, 2.05) is 121 Å². The topological polar surface area (TPSA) is 217 Å². The fourth-order valence-corrected chi connectivity index (χ4v) is 19.9.